The molecule has 0 radical (unpaired) electrons. The van der Waals surface area contributed by atoms with Crippen LogP contribution in [-0.4, -0.2) is 63.0 Å². The van der Waals surface area contributed by atoms with E-state index < -0.39 is 28.4 Å². The topological polar surface area (TPSA) is 71.0 Å². The van der Waals surface area contributed by atoms with Gasteiger partial charge in [0.25, 0.3) is 0 Å². The van der Waals surface area contributed by atoms with E-state index >= 15 is 0 Å². The number of ether oxygens (including phenoxy) is 2. The fraction of sp³-hybridized carbons (Fsp3) is 0.440. The Balaban J connectivity index is 2.80. The smallest absolute Gasteiger partial charge is 0.416 e. The highest BCUT2D eigenvalue weighted by Crippen LogP contribution is 2.43. The van der Waals surface area contributed by atoms with Crippen molar-refractivity contribution in [3.63, 3.8) is 0 Å². The van der Waals surface area contributed by atoms with E-state index in [4.69, 9.17) is 9.47 Å². The standard InChI is InChI=1S/C25H33F3N2O4S/c1-5-33-14-12-30(13-15-34-6-2)21-16-19(24(31)32)17-22(35(7-3)29-4)23(21)18-8-10-20(11-9-18)25(26,27)28/h7-11,16-17,29H,5-6,12-15H2,1-4H3,(H,31,32). The van der Waals surface area contributed by atoms with Crippen LogP contribution < -0.4 is 9.62 Å². The number of aromatic carboxylic acids is 1. The van der Waals surface area contributed by atoms with Crippen molar-refractivity contribution < 1.29 is 32.5 Å². The Hall–Kier alpha value is -2.40. The van der Waals surface area contributed by atoms with Crippen LogP contribution in [0, 0.1) is 0 Å². The zero-order valence-corrected chi connectivity index (χ0v) is 21.3. The molecule has 0 aliphatic heterocycles. The van der Waals surface area contributed by atoms with Crippen LogP contribution in [-0.2, 0) is 15.7 Å². The normalized spacial score (nSPS) is 12.7. The molecule has 2 aromatic carbocycles. The highest BCUT2D eigenvalue weighted by Gasteiger charge is 2.30. The molecule has 2 rings (SSSR count). The minimum absolute atomic E-state index is 0.0954. The van der Waals surface area contributed by atoms with E-state index in [1.807, 2.05) is 31.0 Å². The minimum atomic E-state index is -4.45. The van der Waals surface area contributed by atoms with Gasteiger partial charge in [-0.3, -0.25) is 4.72 Å². The number of halogens is 3. The van der Waals surface area contributed by atoms with Gasteiger partial charge in [-0.05, 0) is 63.0 Å². The minimum Gasteiger partial charge on any atom is -0.478 e. The molecule has 0 aromatic heterocycles. The van der Waals surface area contributed by atoms with Crippen molar-refractivity contribution in [3.05, 3.63) is 47.5 Å². The quantitative estimate of drug-likeness (QED) is 0.270. The van der Waals surface area contributed by atoms with Gasteiger partial charge in [0.1, 0.15) is 0 Å². The van der Waals surface area contributed by atoms with Gasteiger partial charge in [0.05, 0.1) is 24.3 Å². The van der Waals surface area contributed by atoms with Crippen LogP contribution in [0.2, 0.25) is 0 Å². The second-order valence-corrected chi connectivity index (χ2v) is 9.40. The van der Waals surface area contributed by atoms with Gasteiger partial charge in [-0.15, -0.1) is 0 Å². The summed E-state index contributed by atoms with van der Waals surface area (Å²) in [6, 6.07) is 8.12. The molecule has 1 atom stereocenters. The van der Waals surface area contributed by atoms with Crippen molar-refractivity contribution in [2.75, 3.05) is 51.5 Å². The number of hydrogen-bond donors (Lipinski definition) is 2. The zero-order valence-electron chi connectivity index (χ0n) is 20.4. The van der Waals surface area contributed by atoms with E-state index in [9.17, 15) is 23.1 Å². The molecule has 0 saturated carbocycles. The van der Waals surface area contributed by atoms with Gasteiger partial charge < -0.3 is 19.5 Å². The molecule has 2 aromatic rings. The first-order valence-corrected chi connectivity index (χ1v) is 12.7. The molecule has 0 spiro atoms. The van der Waals surface area contributed by atoms with Crippen molar-refractivity contribution in [1.29, 1.82) is 0 Å². The lowest BCUT2D eigenvalue weighted by molar-refractivity contribution is -0.137. The Labute approximate surface area is 207 Å². The summed E-state index contributed by atoms with van der Waals surface area (Å²) < 4.78 is 53.9. The molecule has 10 heteroatoms. The maximum atomic E-state index is 13.2. The first-order chi connectivity index (χ1) is 16.7. The van der Waals surface area contributed by atoms with Gasteiger partial charge in [-0.1, -0.05) is 22.8 Å². The van der Waals surface area contributed by atoms with E-state index in [0.29, 0.717) is 61.2 Å². The Morgan fingerprint density at radius 1 is 1.09 bits per heavy atom. The van der Waals surface area contributed by atoms with Crippen molar-refractivity contribution >= 4 is 27.7 Å². The fourth-order valence-electron chi connectivity index (χ4n) is 3.61. The lowest BCUT2D eigenvalue weighted by Gasteiger charge is -2.29. The van der Waals surface area contributed by atoms with Crippen molar-refractivity contribution in [2.24, 2.45) is 0 Å². The second kappa shape index (κ2) is 13.6. The molecular weight excluding hydrogens is 481 g/mol. The first-order valence-electron chi connectivity index (χ1n) is 11.4. The van der Waals surface area contributed by atoms with Crippen LogP contribution in [0.25, 0.3) is 11.1 Å². The largest absolute Gasteiger partial charge is 0.478 e. The molecule has 1 unspecified atom stereocenters. The van der Waals surface area contributed by atoms with Crippen LogP contribution in [0.5, 0.6) is 0 Å². The third kappa shape index (κ3) is 7.79. The third-order valence-electron chi connectivity index (χ3n) is 5.28. The average molecular weight is 515 g/mol. The Bertz CT molecular complexity index is 1000. The van der Waals surface area contributed by atoms with Crippen LogP contribution in [0.1, 0.15) is 36.7 Å². The van der Waals surface area contributed by atoms with Gasteiger partial charge in [0, 0.05) is 42.4 Å². The fourth-order valence-corrected chi connectivity index (χ4v) is 5.01. The summed E-state index contributed by atoms with van der Waals surface area (Å²) in [6.07, 6.45) is -4.45. The predicted molar refractivity (Wildman–Crippen MR) is 136 cm³/mol. The molecule has 0 heterocycles. The van der Waals surface area contributed by atoms with Crippen LogP contribution in [0.3, 0.4) is 0 Å². The molecule has 6 nitrogen and oxygen atoms in total. The highest BCUT2D eigenvalue weighted by molar-refractivity contribution is 8.13. The summed E-state index contributed by atoms with van der Waals surface area (Å²) in [6.45, 7) is 8.40. The molecule has 35 heavy (non-hydrogen) atoms. The Morgan fingerprint density at radius 2 is 1.66 bits per heavy atom. The number of carbonyl (C=O) groups is 1. The van der Waals surface area contributed by atoms with Gasteiger partial charge in [-0.25, -0.2) is 4.79 Å². The van der Waals surface area contributed by atoms with Gasteiger partial charge in [0.2, 0.25) is 0 Å². The van der Waals surface area contributed by atoms with Crippen molar-refractivity contribution in [2.45, 2.75) is 31.8 Å². The zero-order chi connectivity index (χ0) is 26.0. The SMILES string of the molecule is C/C=S(\NC)c1cc(C(=O)O)cc(N(CCOCC)CCOCC)c1-c1ccc(C(F)(F)F)cc1. The summed E-state index contributed by atoms with van der Waals surface area (Å²) in [5.41, 5.74) is 1.19. The van der Waals surface area contributed by atoms with Crippen LogP contribution >= 0.6 is 10.7 Å². The molecule has 0 bridgehead atoms. The maximum Gasteiger partial charge on any atom is 0.416 e. The lowest BCUT2D eigenvalue weighted by atomic mass is 9.99. The second-order valence-electron chi connectivity index (χ2n) is 7.41. The van der Waals surface area contributed by atoms with Crippen LogP contribution in [0.15, 0.2) is 41.3 Å². The van der Waals surface area contributed by atoms with E-state index in [1.165, 1.54) is 12.1 Å². The third-order valence-corrected chi connectivity index (χ3v) is 6.99. The van der Waals surface area contributed by atoms with Gasteiger partial charge in [0.15, 0.2) is 0 Å². The molecule has 194 valence electrons. The van der Waals surface area contributed by atoms with Crippen molar-refractivity contribution in [1.82, 2.24) is 4.72 Å². The summed E-state index contributed by atoms with van der Waals surface area (Å²) in [5.74, 6) is -1.09. The number of nitrogens with one attached hydrogen (secondary N) is 1. The molecule has 0 saturated heterocycles. The number of nitrogens with zero attached hydrogens (tertiary/aromatic N) is 1. The summed E-state index contributed by atoms with van der Waals surface area (Å²) >= 11 is 0. The van der Waals surface area contributed by atoms with Gasteiger partial charge >= 0.3 is 12.1 Å². The van der Waals surface area contributed by atoms with E-state index in [1.54, 1.807) is 19.2 Å². The van der Waals surface area contributed by atoms with E-state index in [0.717, 1.165) is 12.1 Å². The van der Waals surface area contributed by atoms with Gasteiger partial charge in [-0.2, -0.15) is 13.2 Å². The monoisotopic (exact) mass is 514 g/mol. The molecule has 0 aliphatic carbocycles. The first kappa shape index (κ1) is 28.8. The number of anilines is 1. The Morgan fingerprint density at radius 3 is 2.09 bits per heavy atom. The molecule has 0 amide bonds. The van der Waals surface area contributed by atoms with Crippen molar-refractivity contribution in [3.8, 4) is 11.1 Å². The van der Waals surface area contributed by atoms with E-state index in [2.05, 4.69) is 4.72 Å². The lowest BCUT2D eigenvalue weighted by Crippen LogP contribution is -2.32. The summed E-state index contributed by atoms with van der Waals surface area (Å²) in [7, 11) is 1.10. The summed E-state index contributed by atoms with van der Waals surface area (Å²) in [4.78, 5) is 14.7. The number of carboxylic acid groups (broad SMARTS) is 1. The molecule has 2 N–H and O–H groups in total. The number of rotatable bonds is 13. The molecule has 0 fully saturated rings. The average Bonchev–Trinajstić information content (AvgIpc) is 2.83. The van der Waals surface area contributed by atoms with Crippen LogP contribution in [0.4, 0.5) is 18.9 Å². The predicted octanol–water partition coefficient (Wildman–Crippen LogP) is 5.53. The number of alkyl halides is 3. The number of carboxylic acids is 1. The molecule has 0 aliphatic rings. The number of benzene rings is 2. The summed E-state index contributed by atoms with van der Waals surface area (Å²) in [5, 5.41) is 11.7. The number of hydrogen-bond acceptors (Lipinski definition) is 5. The Kier molecular flexibility index (Phi) is 11.2. The highest BCUT2D eigenvalue weighted by atomic mass is 32.2. The molecular formula is C25H33F3N2O4S. The van der Waals surface area contributed by atoms with E-state index in [-0.39, 0.29) is 5.56 Å². The maximum absolute atomic E-state index is 13.2.